The van der Waals surface area contributed by atoms with E-state index in [1.54, 1.807) is 6.20 Å². The van der Waals surface area contributed by atoms with Crippen LogP contribution in [0.4, 0.5) is 0 Å². The monoisotopic (exact) mass is 296 g/mol. The van der Waals surface area contributed by atoms with Gasteiger partial charge in [-0.2, -0.15) is 0 Å². The number of aromatic nitrogens is 2. The molecule has 2 aromatic rings. The number of imidazole rings is 1. The summed E-state index contributed by atoms with van der Waals surface area (Å²) in [7, 11) is 0. The molecule has 1 aromatic carbocycles. The second-order valence-electron chi connectivity index (χ2n) is 4.92. The van der Waals surface area contributed by atoms with Crippen LogP contribution < -0.4 is 0 Å². The molecular weight excluding hydrogens is 279 g/mol. The fraction of sp³-hybridized carbons (Fsp3) is 0.400. The predicted octanol–water partition coefficient (Wildman–Crippen LogP) is 5.02. The van der Waals surface area contributed by atoms with E-state index in [2.05, 4.69) is 23.4 Å². The molecule has 19 heavy (non-hydrogen) atoms. The van der Waals surface area contributed by atoms with Gasteiger partial charge >= 0.3 is 0 Å². The molecule has 2 nitrogen and oxygen atoms in total. The van der Waals surface area contributed by atoms with Crippen molar-refractivity contribution in [3.05, 3.63) is 52.5 Å². The van der Waals surface area contributed by atoms with Gasteiger partial charge in [-0.3, -0.25) is 0 Å². The molecule has 2 rings (SSSR count). The van der Waals surface area contributed by atoms with Gasteiger partial charge in [0.2, 0.25) is 0 Å². The Bertz CT molecular complexity index is 523. The van der Waals surface area contributed by atoms with Gasteiger partial charge in [0.05, 0.1) is 6.33 Å². The molecule has 0 bridgehead atoms. The molecule has 0 aliphatic carbocycles. The highest BCUT2D eigenvalue weighted by atomic mass is 35.5. The average Bonchev–Trinajstić information content (AvgIpc) is 2.89. The van der Waals surface area contributed by atoms with E-state index < -0.39 is 0 Å². The number of halogens is 2. The topological polar surface area (TPSA) is 17.8 Å². The lowest BCUT2D eigenvalue weighted by Crippen LogP contribution is -2.16. The highest BCUT2D eigenvalue weighted by Gasteiger charge is 2.21. The number of hydrogen-bond donors (Lipinski definition) is 0. The summed E-state index contributed by atoms with van der Waals surface area (Å²) < 4.78 is 2.10. The van der Waals surface area contributed by atoms with Crippen LogP contribution in [0.25, 0.3) is 0 Å². The molecule has 4 heteroatoms. The van der Waals surface area contributed by atoms with Gasteiger partial charge in [0.15, 0.2) is 0 Å². The molecule has 1 heterocycles. The van der Waals surface area contributed by atoms with E-state index in [0.29, 0.717) is 16.9 Å². The van der Waals surface area contributed by atoms with Gasteiger partial charge in [-0.1, -0.05) is 49.5 Å². The number of rotatable bonds is 5. The first-order valence-electron chi connectivity index (χ1n) is 6.52. The van der Waals surface area contributed by atoms with Crippen molar-refractivity contribution < 1.29 is 0 Å². The van der Waals surface area contributed by atoms with Crippen molar-refractivity contribution in [2.24, 2.45) is 5.92 Å². The SMILES string of the molecule is CCC(C)C(Cn1ccnc1)c1ccc(Cl)cc1Cl. The van der Waals surface area contributed by atoms with E-state index >= 15 is 0 Å². The summed E-state index contributed by atoms with van der Waals surface area (Å²) in [6.07, 6.45) is 6.74. The van der Waals surface area contributed by atoms with Gasteiger partial charge in [0.25, 0.3) is 0 Å². The van der Waals surface area contributed by atoms with Crippen LogP contribution in [0.1, 0.15) is 31.7 Å². The number of benzene rings is 1. The second-order valence-corrected chi connectivity index (χ2v) is 5.76. The van der Waals surface area contributed by atoms with Crippen molar-refractivity contribution in [3.8, 4) is 0 Å². The maximum Gasteiger partial charge on any atom is 0.0946 e. The fourth-order valence-electron chi connectivity index (χ4n) is 2.29. The molecule has 0 N–H and O–H groups in total. The maximum absolute atomic E-state index is 6.36. The summed E-state index contributed by atoms with van der Waals surface area (Å²) >= 11 is 12.3. The third kappa shape index (κ3) is 3.52. The van der Waals surface area contributed by atoms with Crippen LogP contribution in [0.2, 0.25) is 10.0 Å². The maximum atomic E-state index is 6.36. The van der Waals surface area contributed by atoms with E-state index in [9.17, 15) is 0 Å². The Labute approximate surface area is 124 Å². The minimum Gasteiger partial charge on any atom is -0.337 e. The molecule has 0 radical (unpaired) electrons. The molecule has 1 aromatic heterocycles. The van der Waals surface area contributed by atoms with Crippen molar-refractivity contribution in [1.29, 1.82) is 0 Å². The zero-order valence-corrected chi connectivity index (χ0v) is 12.7. The van der Waals surface area contributed by atoms with Crippen LogP contribution in [0.15, 0.2) is 36.9 Å². The summed E-state index contributed by atoms with van der Waals surface area (Å²) in [5.41, 5.74) is 1.16. The minimum atomic E-state index is 0.365. The first-order chi connectivity index (χ1) is 9.11. The lowest BCUT2D eigenvalue weighted by Gasteiger charge is -2.25. The Kier molecular flexibility index (Phi) is 4.89. The summed E-state index contributed by atoms with van der Waals surface area (Å²) in [6.45, 7) is 5.35. The standard InChI is InChI=1S/C15H18Cl2N2/c1-3-11(2)14(9-19-7-6-18-10-19)13-5-4-12(16)8-15(13)17/h4-8,10-11,14H,3,9H2,1-2H3. The van der Waals surface area contributed by atoms with Crippen LogP contribution in [0.5, 0.6) is 0 Å². The highest BCUT2D eigenvalue weighted by Crippen LogP contribution is 2.34. The Hall–Kier alpha value is -0.990. The van der Waals surface area contributed by atoms with Gasteiger partial charge in [0, 0.05) is 34.9 Å². The van der Waals surface area contributed by atoms with Crippen LogP contribution in [-0.4, -0.2) is 9.55 Å². The molecule has 0 saturated heterocycles. The summed E-state index contributed by atoms with van der Waals surface area (Å²) in [4.78, 5) is 4.10. The molecule has 0 spiro atoms. The Balaban J connectivity index is 2.31. The third-order valence-electron chi connectivity index (χ3n) is 3.66. The van der Waals surface area contributed by atoms with E-state index in [1.807, 2.05) is 30.7 Å². The molecule has 2 atom stereocenters. The minimum absolute atomic E-state index is 0.365. The largest absolute Gasteiger partial charge is 0.337 e. The van der Waals surface area contributed by atoms with E-state index in [0.717, 1.165) is 23.6 Å². The molecule has 0 amide bonds. The van der Waals surface area contributed by atoms with Crippen molar-refractivity contribution in [2.45, 2.75) is 32.7 Å². The molecule has 0 aliphatic heterocycles. The van der Waals surface area contributed by atoms with Crippen molar-refractivity contribution >= 4 is 23.2 Å². The van der Waals surface area contributed by atoms with Gasteiger partial charge < -0.3 is 4.57 Å². The van der Waals surface area contributed by atoms with E-state index in [1.165, 1.54) is 0 Å². The zero-order valence-electron chi connectivity index (χ0n) is 11.2. The van der Waals surface area contributed by atoms with Gasteiger partial charge in [-0.15, -0.1) is 0 Å². The smallest absolute Gasteiger partial charge is 0.0946 e. The third-order valence-corrected chi connectivity index (χ3v) is 4.22. The molecule has 0 aliphatic rings. The first-order valence-corrected chi connectivity index (χ1v) is 7.28. The number of hydrogen-bond acceptors (Lipinski definition) is 1. The highest BCUT2D eigenvalue weighted by molar-refractivity contribution is 6.35. The molecule has 0 fully saturated rings. The van der Waals surface area contributed by atoms with Gasteiger partial charge in [-0.25, -0.2) is 4.98 Å². The Morgan fingerprint density at radius 2 is 2.11 bits per heavy atom. The van der Waals surface area contributed by atoms with Crippen LogP contribution in [0.3, 0.4) is 0 Å². The van der Waals surface area contributed by atoms with Crippen LogP contribution in [0, 0.1) is 5.92 Å². The summed E-state index contributed by atoms with van der Waals surface area (Å²) in [5.74, 6) is 0.907. The molecule has 0 saturated carbocycles. The van der Waals surface area contributed by atoms with Crippen molar-refractivity contribution in [3.63, 3.8) is 0 Å². The molecule has 102 valence electrons. The quantitative estimate of drug-likeness (QED) is 0.757. The van der Waals surface area contributed by atoms with Gasteiger partial charge in [-0.05, 0) is 23.6 Å². The second kappa shape index (κ2) is 6.44. The van der Waals surface area contributed by atoms with Crippen LogP contribution in [-0.2, 0) is 6.54 Å². The summed E-state index contributed by atoms with van der Waals surface area (Å²) in [5, 5.41) is 1.43. The normalized spacial score (nSPS) is 14.3. The zero-order chi connectivity index (χ0) is 13.8. The van der Waals surface area contributed by atoms with Crippen LogP contribution >= 0.6 is 23.2 Å². The molecule has 2 unspecified atom stereocenters. The van der Waals surface area contributed by atoms with E-state index in [4.69, 9.17) is 23.2 Å². The lowest BCUT2D eigenvalue weighted by molar-refractivity contribution is 0.397. The lowest BCUT2D eigenvalue weighted by atomic mass is 9.85. The van der Waals surface area contributed by atoms with E-state index in [-0.39, 0.29) is 0 Å². The van der Waals surface area contributed by atoms with Gasteiger partial charge in [0.1, 0.15) is 0 Å². The Morgan fingerprint density at radius 1 is 1.32 bits per heavy atom. The predicted molar refractivity (Wildman–Crippen MR) is 80.9 cm³/mol. The average molecular weight is 297 g/mol. The number of nitrogens with zero attached hydrogens (tertiary/aromatic N) is 2. The first kappa shape index (κ1) is 14.4. The summed E-state index contributed by atoms with van der Waals surface area (Å²) in [6, 6.07) is 5.77. The van der Waals surface area contributed by atoms with Crippen molar-refractivity contribution in [2.75, 3.05) is 0 Å². The Morgan fingerprint density at radius 3 is 2.68 bits per heavy atom. The molecular formula is C15H18Cl2N2. The van der Waals surface area contributed by atoms with Crippen molar-refractivity contribution in [1.82, 2.24) is 9.55 Å². The fourth-order valence-corrected chi connectivity index (χ4v) is 2.84.